The first-order valence-electron chi connectivity index (χ1n) is 6.49. The highest BCUT2D eigenvalue weighted by Gasteiger charge is 2.25. The van der Waals surface area contributed by atoms with Gasteiger partial charge >= 0.3 is 0 Å². The third-order valence-electron chi connectivity index (χ3n) is 3.44. The fourth-order valence-electron chi connectivity index (χ4n) is 2.46. The first-order valence-corrected chi connectivity index (χ1v) is 6.49. The smallest absolute Gasteiger partial charge is 0.185 e. The first-order chi connectivity index (χ1) is 9.92. The molecule has 3 aromatic rings. The van der Waals surface area contributed by atoms with Crippen molar-refractivity contribution in [2.24, 2.45) is 0 Å². The molecule has 2 heterocycles. The topological polar surface area (TPSA) is 52.8 Å². The minimum Gasteiger partial charge on any atom is -0.483 e. The number of benzene rings is 2. The molecule has 0 amide bonds. The van der Waals surface area contributed by atoms with Crippen molar-refractivity contribution in [3.05, 3.63) is 60.2 Å². The molecule has 0 aliphatic carbocycles. The lowest BCUT2D eigenvalue weighted by molar-refractivity contribution is 0.184. The van der Waals surface area contributed by atoms with Gasteiger partial charge in [0.05, 0.1) is 12.1 Å². The molecular weight excluding hydrogens is 252 g/mol. The number of rotatable bonds is 1. The van der Waals surface area contributed by atoms with Crippen molar-refractivity contribution in [2.75, 3.05) is 0 Å². The lowest BCUT2D eigenvalue weighted by Gasteiger charge is -2.17. The Labute approximate surface area is 115 Å². The lowest BCUT2D eigenvalue weighted by atomic mass is 10.1. The van der Waals surface area contributed by atoms with Gasteiger partial charge in [-0.2, -0.15) is 0 Å². The minimum atomic E-state index is -0.0953. The predicted molar refractivity (Wildman–Crippen MR) is 73.1 cm³/mol. The van der Waals surface area contributed by atoms with E-state index >= 15 is 0 Å². The van der Waals surface area contributed by atoms with E-state index in [2.05, 4.69) is 27.7 Å². The molecule has 0 saturated carbocycles. The van der Waals surface area contributed by atoms with Gasteiger partial charge in [0, 0.05) is 0 Å². The van der Waals surface area contributed by atoms with Crippen LogP contribution in [0.5, 0.6) is 5.75 Å². The molecule has 1 aliphatic rings. The van der Waals surface area contributed by atoms with Crippen LogP contribution in [0, 0.1) is 0 Å². The molecule has 1 aliphatic heterocycles. The summed E-state index contributed by atoms with van der Waals surface area (Å²) >= 11 is 0. The number of hydrogen-bond acceptors (Lipinski definition) is 4. The highest BCUT2D eigenvalue weighted by molar-refractivity contribution is 5.64. The molecule has 1 aromatic heterocycles. The van der Waals surface area contributed by atoms with Gasteiger partial charge < -0.3 is 4.74 Å². The van der Waals surface area contributed by atoms with Crippen LogP contribution in [0.1, 0.15) is 11.7 Å². The van der Waals surface area contributed by atoms with Crippen LogP contribution in [0.25, 0.3) is 11.4 Å². The molecule has 5 heteroatoms. The zero-order chi connectivity index (χ0) is 13.4. The van der Waals surface area contributed by atoms with Crippen molar-refractivity contribution >= 4 is 0 Å². The number of fused-ring (bicyclic) bond motifs is 3. The summed E-state index contributed by atoms with van der Waals surface area (Å²) in [6, 6.07) is 18.0. The summed E-state index contributed by atoms with van der Waals surface area (Å²) in [7, 11) is 0. The first kappa shape index (κ1) is 11.2. The van der Waals surface area contributed by atoms with E-state index in [0.29, 0.717) is 6.54 Å². The Kier molecular flexibility index (Phi) is 2.48. The second kappa shape index (κ2) is 4.45. The molecule has 0 bridgehead atoms. The normalized spacial score (nSPS) is 16.7. The SMILES string of the molecule is c1ccc(C2Cn3nnnc3-c3ccccc3O2)cc1. The zero-order valence-corrected chi connectivity index (χ0v) is 10.7. The Morgan fingerprint density at radius 1 is 1.00 bits per heavy atom. The van der Waals surface area contributed by atoms with Crippen molar-refractivity contribution in [3.8, 4) is 17.1 Å². The molecule has 0 N–H and O–H groups in total. The summed E-state index contributed by atoms with van der Waals surface area (Å²) in [5.41, 5.74) is 2.04. The predicted octanol–water partition coefficient (Wildman–Crippen LogP) is 2.47. The van der Waals surface area contributed by atoms with Crippen LogP contribution < -0.4 is 4.74 Å². The van der Waals surface area contributed by atoms with Crippen LogP contribution in [0.4, 0.5) is 0 Å². The van der Waals surface area contributed by atoms with E-state index in [-0.39, 0.29) is 6.10 Å². The quantitative estimate of drug-likeness (QED) is 0.677. The van der Waals surface area contributed by atoms with Crippen LogP contribution in [0.3, 0.4) is 0 Å². The molecule has 98 valence electrons. The molecule has 4 rings (SSSR count). The second-order valence-electron chi connectivity index (χ2n) is 4.70. The highest BCUT2D eigenvalue weighted by Crippen LogP contribution is 2.35. The Hall–Kier alpha value is -2.69. The number of aromatic nitrogens is 4. The largest absolute Gasteiger partial charge is 0.483 e. The minimum absolute atomic E-state index is 0.0953. The van der Waals surface area contributed by atoms with Gasteiger partial charge in [-0.1, -0.05) is 42.5 Å². The van der Waals surface area contributed by atoms with Gasteiger partial charge in [-0.05, 0) is 28.1 Å². The van der Waals surface area contributed by atoms with Crippen molar-refractivity contribution in [3.63, 3.8) is 0 Å². The average molecular weight is 264 g/mol. The fraction of sp³-hybridized carbons (Fsp3) is 0.133. The van der Waals surface area contributed by atoms with Crippen molar-refractivity contribution in [1.29, 1.82) is 0 Å². The number of para-hydroxylation sites is 1. The number of ether oxygens (including phenoxy) is 1. The summed E-state index contributed by atoms with van der Waals surface area (Å²) in [6.45, 7) is 0.598. The second-order valence-corrected chi connectivity index (χ2v) is 4.70. The van der Waals surface area contributed by atoms with E-state index in [4.69, 9.17) is 4.74 Å². The van der Waals surface area contributed by atoms with Crippen LogP contribution in [-0.4, -0.2) is 20.2 Å². The number of tetrazole rings is 1. The molecule has 2 aromatic carbocycles. The van der Waals surface area contributed by atoms with E-state index in [1.54, 1.807) is 4.68 Å². The molecule has 0 saturated heterocycles. The summed E-state index contributed by atoms with van der Waals surface area (Å²) in [6.07, 6.45) is -0.0953. The summed E-state index contributed by atoms with van der Waals surface area (Å²) in [4.78, 5) is 0. The van der Waals surface area contributed by atoms with Gasteiger partial charge in [0.1, 0.15) is 11.9 Å². The Balaban J connectivity index is 1.85. The number of nitrogens with zero attached hydrogens (tertiary/aromatic N) is 4. The Morgan fingerprint density at radius 2 is 1.80 bits per heavy atom. The number of hydrogen-bond donors (Lipinski definition) is 0. The average Bonchev–Trinajstić information content (AvgIpc) is 2.90. The highest BCUT2D eigenvalue weighted by atomic mass is 16.5. The van der Waals surface area contributed by atoms with E-state index in [9.17, 15) is 0 Å². The standard InChI is InChI=1S/C15H12N4O/c1-2-6-11(7-3-1)14-10-19-15(16-17-18-19)12-8-4-5-9-13(12)20-14/h1-9,14H,10H2. The van der Waals surface area contributed by atoms with Gasteiger partial charge in [0.25, 0.3) is 0 Å². The lowest BCUT2D eigenvalue weighted by Crippen LogP contribution is -2.14. The molecule has 0 fully saturated rings. The zero-order valence-electron chi connectivity index (χ0n) is 10.7. The van der Waals surface area contributed by atoms with Gasteiger partial charge in [-0.3, -0.25) is 0 Å². The van der Waals surface area contributed by atoms with Crippen molar-refractivity contribution in [2.45, 2.75) is 12.6 Å². The maximum absolute atomic E-state index is 6.16. The molecule has 20 heavy (non-hydrogen) atoms. The summed E-state index contributed by atoms with van der Waals surface area (Å²) in [5, 5.41) is 12.0. The van der Waals surface area contributed by atoms with Crippen molar-refractivity contribution in [1.82, 2.24) is 20.2 Å². The van der Waals surface area contributed by atoms with Gasteiger partial charge in [0.15, 0.2) is 5.82 Å². The van der Waals surface area contributed by atoms with Gasteiger partial charge in [0.2, 0.25) is 0 Å². The van der Waals surface area contributed by atoms with Crippen LogP contribution in [0.15, 0.2) is 54.6 Å². The molecule has 1 unspecified atom stereocenters. The van der Waals surface area contributed by atoms with Crippen molar-refractivity contribution < 1.29 is 4.74 Å². The van der Waals surface area contributed by atoms with Crippen LogP contribution in [0.2, 0.25) is 0 Å². The van der Waals surface area contributed by atoms with E-state index in [1.165, 1.54) is 0 Å². The Morgan fingerprint density at radius 3 is 2.70 bits per heavy atom. The van der Waals surface area contributed by atoms with E-state index in [1.807, 2.05) is 42.5 Å². The molecule has 1 atom stereocenters. The summed E-state index contributed by atoms with van der Waals surface area (Å²) < 4.78 is 7.95. The fourth-order valence-corrected chi connectivity index (χ4v) is 2.46. The Bertz CT molecular complexity index is 738. The maximum Gasteiger partial charge on any atom is 0.185 e. The van der Waals surface area contributed by atoms with Crippen LogP contribution >= 0.6 is 0 Å². The maximum atomic E-state index is 6.16. The molecule has 5 nitrogen and oxygen atoms in total. The molecule has 0 spiro atoms. The van der Waals surface area contributed by atoms with E-state index < -0.39 is 0 Å². The monoisotopic (exact) mass is 264 g/mol. The van der Waals surface area contributed by atoms with Gasteiger partial charge in [-0.25, -0.2) is 4.68 Å². The van der Waals surface area contributed by atoms with Crippen LogP contribution in [-0.2, 0) is 6.54 Å². The third kappa shape index (κ3) is 1.75. The third-order valence-corrected chi connectivity index (χ3v) is 3.44. The molecular formula is C15H12N4O. The molecule has 0 radical (unpaired) electrons. The van der Waals surface area contributed by atoms with E-state index in [0.717, 1.165) is 22.7 Å². The van der Waals surface area contributed by atoms with Gasteiger partial charge in [-0.15, -0.1) is 5.10 Å². The summed E-state index contributed by atoms with van der Waals surface area (Å²) in [5.74, 6) is 1.56.